The summed E-state index contributed by atoms with van der Waals surface area (Å²) < 4.78 is 1.58. The molecule has 4 aromatic rings. The smallest absolute Gasteiger partial charge is 0.276 e. The minimum atomic E-state index is -0.676. The largest absolute Gasteiger partial charge is 0.368 e. The van der Waals surface area contributed by atoms with Crippen LogP contribution in [-0.4, -0.2) is 39.0 Å². The fourth-order valence-electron chi connectivity index (χ4n) is 3.54. The van der Waals surface area contributed by atoms with Gasteiger partial charge in [0, 0.05) is 21.2 Å². The summed E-state index contributed by atoms with van der Waals surface area (Å²) in [6.45, 7) is 1.46. The molecule has 0 spiro atoms. The fourth-order valence-corrected chi connectivity index (χ4v) is 4.15. The van der Waals surface area contributed by atoms with Gasteiger partial charge >= 0.3 is 0 Å². The summed E-state index contributed by atoms with van der Waals surface area (Å²) in [4.78, 5) is 40.1. The van der Waals surface area contributed by atoms with Gasteiger partial charge in [-0.15, -0.1) is 0 Å². The number of nitrogens with two attached hydrogens (primary N) is 1. The molecule has 9 nitrogen and oxygen atoms in total. The number of benzene rings is 2. The van der Waals surface area contributed by atoms with Gasteiger partial charge in [0.15, 0.2) is 5.69 Å². The van der Waals surface area contributed by atoms with Gasteiger partial charge in [-0.1, -0.05) is 46.9 Å². The van der Waals surface area contributed by atoms with E-state index < -0.39 is 17.7 Å². The molecule has 0 unspecified atom stereocenters. The highest BCUT2D eigenvalue weighted by molar-refractivity contribution is 6.35. The van der Waals surface area contributed by atoms with Gasteiger partial charge in [-0.05, 0) is 49.4 Å². The van der Waals surface area contributed by atoms with Crippen LogP contribution in [0.4, 0.5) is 5.69 Å². The molecule has 4 N–H and O–H groups in total. The average Bonchev–Trinajstić information content (AvgIpc) is 3.20. The summed E-state index contributed by atoms with van der Waals surface area (Å²) in [5.74, 6) is -1.74. The maximum Gasteiger partial charge on any atom is 0.276 e. The van der Waals surface area contributed by atoms with Crippen molar-refractivity contribution in [3.05, 3.63) is 92.8 Å². The van der Waals surface area contributed by atoms with E-state index in [1.807, 2.05) is 12.1 Å². The number of aromatic nitrogens is 3. The lowest BCUT2D eigenvalue weighted by atomic mass is 10.1. The minimum Gasteiger partial charge on any atom is -0.368 e. The lowest BCUT2D eigenvalue weighted by Gasteiger charge is -2.11. The topological polar surface area (TPSA) is 132 Å². The quantitative estimate of drug-likeness (QED) is 0.304. The number of nitrogens with one attached hydrogen (secondary N) is 2. The molecule has 0 aliphatic heterocycles. The van der Waals surface area contributed by atoms with Crippen LogP contribution in [0.15, 0.2) is 60.8 Å². The molecule has 0 atom stereocenters. The number of amides is 3. The molecule has 0 radical (unpaired) electrons. The molecule has 2 aromatic carbocycles. The van der Waals surface area contributed by atoms with Gasteiger partial charge in [-0.2, -0.15) is 5.10 Å². The number of hydrogen-bond acceptors (Lipinski definition) is 5. The zero-order chi connectivity index (χ0) is 26.7. The Morgan fingerprint density at radius 3 is 2.27 bits per heavy atom. The van der Waals surface area contributed by atoms with Crippen molar-refractivity contribution in [1.29, 1.82) is 0 Å². The first-order valence-corrected chi connectivity index (χ1v) is 11.9. The molecule has 12 heteroatoms. The first-order valence-electron chi connectivity index (χ1n) is 10.8. The highest BCUT2D eigenvalue weighted by Crippen LogP contribution is 2.33. The molecule has 0 bridgehead atoms. The standard InChI is InChI=1S/C25H19Cl3N6O3/c1-13-22(25(37)32-17-7-8-19(30-11-17)24(36)31-12-21(29)35)33-34(20-9-6-16(27)10-18(20)28)23(13)14-2-4-15(26)5-3-14/h2-11H,12H2,1H3,(H2,29,35)(H,31,36)(H,32,37). The number of rotatable bonds is 7. The van der Waals surface area contributed by atoms with Crippen molar-refractivity contribution in [3.8, 4) is 16.9 Å². The Hall–Kier alpha value is -3.92. The van der Waals surface area contributed by atoms with Crippen LogP contribution in [0.3, 0.4) is 0 Å². The first kappa shape index (κ1) is 26.2. The van der Waals surface area contributed by atoms with E-state index >= 15 is 0 Å². The van der Waals surface area contributed by atoms with Crippen molar-refractivity contribution in [2.75, 3.05) is 11.9 Å². The number of nitrogens with zero attached hydrogens (tertiary/aromatic N) is 3. The summed E-state index contributed by atoms with van der Waals surface area (Å²) in [6, 6.07) is 15.0. The summed E-state index contributed by atoms with van der Waals surface area (Å²) in [7, 11) is 0. The molecule has 3 amide bonds. The molecule has 0 aliphatic carbocycles. The van der Waals surface area contributed by atoms with Crippen LogP contribution >= 0.6 is 34.8 Å². The Morgan fingerprint density at radius 2 is 1.65 bits per heavy atom. The highest BCUT2D eigenvalue weighted by Gasteiger charge is 2.23. The van der Waals surface area contributed by atoms with Crippen LogP contribution in [0.2, 0.25) is 15.1 Å². The van der Waals surface area contributed by atoms with E-state index in [2.05, 4.69) is 20.7 Å². The van der Waals surface area contributed by atoms with Crippen LogP contribution < -0.4 is 16.4 Å². The van der Waals surface area contributed by atoms with E-state index in [1.165, 1.54) is 18.3 Å². The van der Waals surface area contributed by atoms with Gasteiger partial charge < -0.3 is 16.4 Å². The van der Waals surface area contributed by atoms with E-state index in [0.29, 0.717) is 37.7 Å². The SMILES string of the molecule is Cc1c(C(=O)Nc2ccc(C(=O)NCC(N)=O)nc2)nn(-c2ccc(Cl)cc2Cl)c1-c1ccc(Cl)cc1. The Labute approximate surface area is 226 Å². The molecular formula is C25H19Cl3N6O3. The zero-order valence-electron chi connectivity index (χ0n) is 19.3. The molecule has 4 rings (SSSR count). The van der Waals surface area contributed by atoms with Crippen molar-refractivity contribution in [2.24, 2.45) is 5.73 Å². The van der Waals surface area contributed by atoms with Crippen LogP contribution in [-0.2, 0) is 4.79 Å². The minimum absolute atomic E-state index is 0.0575. The number of carbonyl (C=O) groups is 3. The van der Waals surface area contributed by atoms with E-state index in [1.54, 1.807) is 41.9 Å². The molecule has 188 valence electrons. The van der Waals surface area contributed by atoms with E-state index in [4.69, 9.17) is 40.5 Å². The molecule has 0 fully saturated rings. The molecule has 0 saturated carbocycles. The van der Waals surface area contributed by atoms with Gasteiger partial charge in [-0.25, -0.2) is 9.67 Å². The van der Waals surface area contributed by atoms with Crippen molar-refractivity contribution >= 4 is 58.2 Å². The number of carbonyl (C=O) groups excluding carboxylic acids is 3. The third kappa shape index (κ3) is 5.91. The molecular weight excluding hydrogens is 539 g/mol. The molecule has 37 heavy (non-hydrogen) atoms. The van der Waals surface area contributed by atoms with Crippen LogP contribution in [0.5, 0.6) is 0 Å². The van der Waals surface area contributed by atoms with Gasteiger partial charge in [-0.3, -0.25) is 14.4 Å². The third-order valence-electron chi connectivity index (χ3n) is 5.27. The normalized spacial score (nSPS) is 10.7. The van der Waals surface area contributed by atoms with Gasteiger partial charge in [0.25, 0.3) is 11.8 Å². The van der Waals surface area contributed by atoms with E-state index in [9.17, 15) is 14.4 Å². The summed E-state index contributed by atoms with van der Waals surface area (Å²) in [5, 5.41) is 11.0. The number of halogens is 3. The Morgan fingerprint density at radius 1 is 0.946 bits per heavy atom. The van der Waals surface area contributed by atoms with Crippen molar-refractivity contribution in [3.63, 3.8) is 0 Å². The summed E-state index contributed by atoms with van der Waals surface area (Å²) in [5.41, 5.74) is 8.12. The van der Waals surface area contributed by atoms with Crippen LogP contribution in [0.25, 0.3) is 16.9 Å². The maximum absolute atomic E-state index is 13.2. The number of hydrogen-bond donors (Lipinski definition) is 3. The highest BCUT2D eigenvalue weighted by atomic mass is 35.5. The molecule has 0 aliphatic rings. The third-order valence-corrected chi connectivity index (χ3v) is 6.06. The second kappa shape index (κ2) is 11.0. The molecule has 2 aromatic heterocycles. The summed E-state index contributed by atoms with van der Waals surface area (Å²) in [6.07, 6.45) is 1.32. The van der Waals surface area contributed by atoms with Gasteiger partial charge in [0.05, 0.1) is 34.8 Å². The van der Waals surface area contributed by atoms with Crippen LogP contribution in [0, 0.1) is 6.92 Å². The number of anilines is 1. The average molecular weight is 558 g/mol. The zero-order valence-corrected chi connectivity index (χ0v) is 21.5. The van der Waals surface area contributed by atoms with Crippen LogP contribution in [0.1, 0.15) is 26.5 Å². The first-order chi connectivity index (χ1) is 17.6. The van der Waals surface area contributed by atoms with Crippen molar-refractivity contribution in [1.82, 2.24) is 20.1 Å². The second-order valence-corrected chi connectivity index (χ2v) is 9.15. The maximum atomic E-state index is 13.2. The number of pyridine rings is 1. The van der Waals surface area contributed by atoms with E-state index in [0.717, 1.165) is 5.56 Å². The molecule has 0 saturated heterocycles. The fraction of sp³-hybridized carbons (Fsp3) is 0.0800. The van der Waals surface area contributed by atoms with Gasteiger partial charge in [0.1, 0.15) is 5.69 Å². The van der Waals surface area contributed by atoms with E-state index in [-0.39, 0.29) is 17.9 Å². The lowest BCUT2D eigenvalue weighted by molar-refractivity contribution is -0.117. The van der Waals surface area contributed by atoms with Crippen molar-refractivity contribution < 1.29 is 14.4 Å². The molecule has 2 heterocycles. The summed E-state index contributed by atoms with van der Waals surface area (Å²) >= 11 is 18.6. The Kier molecular flexibility index (Phi) is 7.77. The lowest BCUT2D eigenvalue weighted by Crippen LogP contribution is -2.33. The Bertz CT molecular complexity index is 1500. The Balaban J connectivity index is 1.67. The monoisotopic (exact) mass is 556 g/mol. The second-order valence-electron chi connectivity index (χ2n) is 7.87. The predicted octanol–water partition coefficient (Wildman–Crippen LogP) is 4.67. The van der Waals surface area contributed by atoms with Crippen molar-refractivity contribution in [2.45, 2.75) is 6.92 Å². The number of primary amides is 1. The predicted molar refractivity (Wildman–Crippen MR) is 142 cm³/mol. The van der Waals surface area contributed by atoms with Gasteiger partial charge in [0.2, 0.25) is 5.91 Å².